The molecule has 22 heavy (non-hydrogen) atoms. The number of hydrogen-bond acceptors (Lipinski definition) is 4. The summed E-state index contributed by atoms with van der Waals surface area (Å²) in [5, 5.41) is 13.0. The van der Waals surface area contributed by atoms with Crippen LogP contribution in [0, 0.1) is 0 Å². The number of aryl methyl sites for hydroxylation is 1. The van der Waals surface area contributed by atoms with Gasteiger partial charge in [-0.05, 0) is 12.1 Å². The Labute approximate surface area is 132 Å². The van der Waals surface area contributed by atoms with Crippen LogP contribution in [0.3, 0.4) is 0 Å². The Hall–Kier alpha value is -2.18. The van der Waals surface area contributed by atoms with Gasteiger partial charge in [0, 0.05) is 36.1 Å². The van der Waals surface area contributed by atoms with E-state index in [-0.39, 0.29) is 12.5 Å². The standard InChI is InChI=1S/C16H17N3O2S/c1-18-13-5-3-2-4-12(13)10-14(18)16(21)19(7-8-20)11-15-17-6-9-22-15/h2-6,9-10,20H,7-8,11H2,1H3. The van der Waals surface area contributed by atoms with E-state index < -0.39 is 0 Å². The van der Waals surface area contributed by atoms with Crippen molar-refractivity contribution >= 4 is 28.1 Å². The zero-order chi connectivity index (χ0) is 15.5. The minimum Gasteiger partial charge on any atom is -0.395 e. The van der Waals surface area contributed by atoms with Gasteiger partial charge in [-0.3, -0.25) is 4.79 Å². The summed E-state index contributed by atoms with van der Waals surface area (Å²) in [7, 11) is 1.89. The molecule has 0 aliphatic heterocycles. The monoisotopic (exact) mass is 315 g/mol. The van der Waals surface area contributed by atoms with Gasteiger partial charge < -0.3 is 14.6 Å². The highest BCUT2D eigenvalue weighted by molar-refractivity contribution is 7.09. The number of carbonyl (C=O) groups excluding carboxylic acids is 1. The van der Waals surface area contributed by atoms with E-state index >= 15 is 0 Å². The number of thiazole rings is 1. The number of aromatic nitrogens is 2. The van der Waals surface area contributed by atoms with Crippen molar-refractivity contribution in [2.75, 3.05) is 13.2 Å². The number of amides is 1. The third-order valence-electron chi connectivity index (χ3n) is 3.64. The summed E-state index contributed by atoms with van der Waals surface area (Å²) >= 11 is 1.51. The van der Waals surface area contributed by atoms with Crippen LogP contribution in [0.4, 0.5) is 0 Å². The molecule has 0 saturated heterocycles. The summed E-state index contributed by atoms with van der Waals surface area (Å²) in [5.74, 6) is -0.0945. The second kappa shape index (κ2) is 6.29. The lowest BCUT2D eigenvalue weighted by Gasteiger charge is -2.20. The quantitative estimate of drug-likeness (QED) is 0.786. The van der Waals surface area contributed by atoms with Crippen molar-refractivity contribution in [2.24, 2.45) is 7.05 Å². The molecule has 0 bridgehead atoms. The van der Waals surface area contributed by atoms with Crippen molar-refractivity contribution < 1.29 is 9.90 Å². The SMILES string of the molecule is Cn1c(C(=O)N(CCO)Cc2nccs2)cc2ccccc21. The van der Waals surface area contributed by atoms with Crippen molar-refractivity contribution in [3.05, 3.63) is 52.6 Å². The number of hydrogen-bond donors (Lipinski definition) is 1. The van der Waals surface area contributed by atoms with E-state index in [0.717, 1.165) is 15.9 Å². The molecule has 0 radical (unpaired) electrons. The van der Waals surface area contributed by atoms with E-state index in [1.165, 1.54) is 11.3 Å². The molecular formula is C16H17N3O2S. The first kappa shape index (κ1) is 14.7. The van der Waals surface area contributed by atoms with Crippen molar-refractivity contribution in [1.82, 2.24) is 14.5 Å². The van der Waals surface area contributed by atoms with Gasteiger partial charge in [0.05, 0.1) is 13.2 Å². The molecule has 0 atom stereocenters. The molecule has 1 aromatic carbocycles. The molecule has 0 unspecified atom stereocenters. The Morgan fingerprint density at radius 2 is 2.23 bits per heavy atom. The molecule has 5 nitrogen and oxygen atoms in total. The lowest BCUT2D eigenvalue weighted by Crippen LogP contribution is -2.34. The predicted molar refractivity (Wildman–Crippen MR) is 86.9 cm³/mol. The molecule has 6 heteroatoms. The predicted octanol–water partition coefficient (Wildman–Crippen LogP) is 2.27. The van der Waals surface area contributed by atoms with Crippen LogP contribution in [0.25, 0.3) is 10.9 Å². The van der Waals surface area contributed by atoms with Crippen molar-refractivity contribution in [3.8, 4) is 0 Å². The van der Waals surface area contributed by atoms with Crippen LogP contribution in [-0.4, -0.2) is 38.6 Å². The Balaban J connectivity index is 1.92. The Morgan fingerprint density at radius 3 is 2.91 bits per heavy atom. The summed E-state index contributed by atoms with van der Waals surface area (Å²) in [6, 6.07) is 9.78. The average Bonchev–Trinajstić information content (AvgIpc) is 3.15. The molecule has 1 N–H and O–H groups in total. The van der Waals surface area contributed by atoms with Crippen LogP contribution in [0.5, 0.6) is 0 Å². The van der Waals surface area contributed by atoms with E-state index in [9.17, 15) is 9.90 Å². The molecular weight excluding hydrogens is 298 g/mol. The Kier molecular flexibility index (Phi) is 4.22. The summed E-state index contributed by atoms with van der Waals surface area (Å²) in [4.78, 5) is 18.7. The molecule has 0 aliphatic rings. The zero-order valence-corrected chi connectivity index (χ0v) is 13.1. The van der Waals surface area contributed by atoms with Crippen LogP contribution >= 0.6 is 11.3 Å². The minimum absolute atomic E-state index is 0.0684. The Bertz CT molecular complexity index is 780. The highest BCUT2D eigenvalue weighted by Gasteiger charge is 2.20. The summed E-state index contributed by atoms with van der Waals surface area (Å²) in [5.41, 5.74) is 1.63. The van der Waals surface area contributed by atoms with Gasteiger partial charge >= 0.3 is 0 Å². The van der Waals surface area contributed by atoms with Gasteiger partial charge in [0.25, 0.3) is 5.91 Å². The van der Waals surface area contributed by atoms with Crippen LogP contribution in [0.2, 0.25) is 0 Å². The molecule has 0 spiro atoms. The molecule has 0 fully saturated rings. The number of fused-ring (bicyclic) bond motifs is 1. The largest absolute Gasteiger partial charge is 0.395 e. The minimum atomic E-state index is -0.0945. The second-order valence-electron chi connectivity index (χ2n) is 5.02. The highest BCUT2D eigenvalue weighted by atomic mass is 32.1. The first-order chi connectivity index (χ1) is 10.7. The fourth-order valence-corrected chi connectivity index (χ4v) is 3.15. The van der Waals surface area contributed by atoms with E-state index in [4.69, 9.17) is 0 Å². The third kappa shape index (κ3) is 2.75. The van der Waals surface area contributed by atoms with Gasteiger partial charge in [-0.1, -0.05) is 18.2 Å². The van der Waals surface area contributed by atoms with Crippen LogP contribution in [0.1, 0.15) is 15.5 Å². The van der Waals surface area contributed by atoms with Crippen molar-refractivity contribution in [2.45, 2.75) is 6.54 Å². The molecule has 2 heterocycles. The number of aliphatic hydroxyl groups is 1. The summed E-state index contributed by atoms with van der Waals surface area (Å²) in [6.07, 6.45) is 1.72. The maximum Gasteiger partial charge on any atom is 0.270 e. The maximum absolute atomic E-state index is 12.8. The second-order valence-corrected chi connectivity index (χ2v) is 6.00. The fraction of sp³-hybridized carbons (Fsp3) is 0.250. The average molecular weight is 315 g/mol. The Morgan fingerprint density at radius 1 is 1.41 bits per heavy atom. The topological polar surface area (TPSA) is 58.4 Å². The van der Waals surface area contributed by atoms with E-state index in [2.05, 4.69) is 4.98 Å². The normalized spacial score (nSPS) is 11.0. The van der Waals surface area contributed by atoms with E-state index in [0.29, 0.717) is 18.8 Å². The van der Waals surface area contributed by atoms with E-state index in [1.807, 2.05) is 47.3 Å². The number of aliphatic hydroxyl groups excluding tert-OH is 1. The van der Waals surface area contributed by atoms with Crippen LogP contribution in [-0.2, 0) is 13.6 Å². The highest BCUT2D eigenvalue weighted by Crippen LogP contribution is 2.20. The van der Waals surface area contributed by atoms with Gasteiger partial charge in [0.1, 0.15) is 10.7 Å². The van der Waals surface area contributed by atoms with Crippen LogP contribution < -0.4 is 0 Å². The van der Waals surface area contributed by atoms with Gasteiger partial charge in [-0.25, -0.2) is 4.98 Å². The molecule has 1 amide bonds. The van der Waals surface area contributed by atoms with Gasteiger partial charge in [-0.2, -0.15) is 0 Å². The summed E-state index contributed by atoms with van der Waals surface area (Å²) in [6.45, 7) is 0.638. The van der Waals surface area contributed by atoms with Crippen molar-refractivity contribution in [1.29, 1.82) is 0 Å². The lowest BCUT2D eigenvalue weighted by atomic mass is 10.2. The van der Waals surface area contributed by atoms with Gasteiger partial charge in [0.2, 0.25) is 0 Å². The van der Waals surface area contributed by atoms with Crippen LogP contribution in [0.15, 0.2) is 41.9 Å². The maximum atomic E-state index is 12.8. The van der Waals surface area contributed by atoms with Gasteiger partial charge in [0.15, 0.2) is 0 Å². The number of nitrogens with zero attached hydrogens (tertiary/aromatic N) is 3. The molecule has 3 aromatic rings. The number of rotatable bonds is 5. The molecule has 0 aliphatic carbocycles. The fourth-order valence-electron chi connectivity index (χ4n) is 2.52. The van der Waals surface area contributed by atoms with Gasteiger partial charge in [-0.15, -0.1) is 11.3 Å². The molecule has 0 saturated carbocycles. The number of carbonyl (C=O) groups is 1. The molecule has 2 aromatic heterocycles. The zero-order valence-electron chi connectivity index (χ0n) is 12.3. The molecule has 114 valence electrons. The van der Waals surface area contributed by atoms with Crippen molar-refractivity contribution in [3.63, 3.8) is 0 Å². The number of para-hydroxylation sites is 1. The number of benzene rings is 1. The smallest absolute Gasteiger partial charge is 0.270 e. The third-order valence-corrected chi connectivity index (χ3v) is 4.40. The summed E-state index contributed by atoms with van der Waals surface area (Å²) < 4.78 is 1.89. The first-order valence-electron chi connectivity index (χ1n) is 7.03. The van der Waals surface area contributed by atoms with E-state index in [1.54, 1.807) is 11.1 Å². The lowest BCUT2D eigenvalue weighted by molar-refractivity contribution is 0.0698. The molecule has 3 rings (SSSR count). The first-order valence-corrected chi connectivity index (χ1v) is 7.91.